The molecule has 0 aliphatic carbocycles. The number of anilines is 1. The third kappa shape index (κ3) is 2.29. The van der Waals surface area contributed by atoms with Crippen LogP contribution in [0.15, 0.2) is 18.2 Å². The van der Waals surface area contributed by atoms with Crippen molar-refractivity contribution in [2.45, 2.75) is 13.3 Å². The average Bonchev–Trinajstić information content (AvgIpc) is 2.62. The summed E-state index contributed by atoms with van der Waals surface area (Å²) >= 11 is 0. The SMILES string of the molecule is CCNCCN1CCc2ccc(F)cc21. The van der Waals surface area contributed by atoms with E-state index in [-0.39, 0.29) is 5.82 Å². The highest BCUT2D eigenvalue weighted by Gasteiger charge is 2.18. The van der Waals surface area contributed by atoms with E-state index in [1.165, 1.54) is 5.56 Å². The predicted molar refractivity (Wildman–Crippen MR) is 60.9 cm³/mol. The van der Waals surface area contributed by atoms with Gasteiger partial charge in [0.2, 0.25) is 0 Å². The van der Waals surface area contributed by atoms with Crippen LogP contribution < -0.4 is 10.2 Å². The number of rotatable bonds is 4. The third-order valence-electron chi connectivity index (χ3n) is 2.85. The number of hydrogen-bond acceptors (Lipinski definition) is 2. The lowest BCUT2D eigenvalue weighted by Crippen LogP contribution is -2.30. The lowest BCUT2D eigenvalue weighted by molar-refractivity contribution is 0.626. The van der Waals surface area contributed by atoms with Crippen LogP contribution >= 0.6 is 0 Å². The highest BCUT2D eigenvalue weighted by molar-refractivity contribution is 5.58. The van der Waals surface area contributed by atoms with E-state index in [1.807, 2.05) is 6.07 Å². The Balaban J connectivity index is 2.03. The first-order valence-corrected chi connectivity index (χ1v) is 5.55. The maximum atomic E-state index is 13.1. The van der Waals surface area contributed by atoms with E-state index in [9.17, 15) is 4.39 Å². The molecule has 1 aromatic carbocycles. The molecule has 1 heterocycles. The Morgan fingerprint density at radius 2 is 2.33 bits per heavy atom. The van der Waals surface area contributed by atoms with Gasteiger partial charge in [-0.3, -0.25) is 0 Å². The van der Waals surface area contributed by atoms with Crippen molar-refractivity contribution in [1.82, 2.24) is 5.32 Å². The molecule has 1 aliphatic rings. The van der Waals surface area contributed by atoms with Crippen molar-refractivity contribution in [2.75, 3.05) is 31.1 Å². The first-order chi connectivity index (χ1) is 7.31. The fraction of sp³-hybridized carbons (Fsp3) is 0.500. The average molecular weight is 208 g/mol. The number of nitrogens with one attached hydrogen (secondary N) is 1. The number of halogens is 1. The van der Waals surface area contributed by atoms with Crippen molar-refractivity contribution in [3.63, 3.8) is 0 Å². The van der Waals surface area contributed by atoms with E-state index < -0.39 is 0 Å². The summed E-state index contributed by atoms with van der Waals surface area (Å²) in [7, 11) is 0. The quantitative estimate of drug-likeness (QED) is 0.759. The minimum atomic E-state index is -0.135. The van der Waals surface area contributed by atoms with Crippen LogP contribution in [0.1, 0.15) is 12.5 Å². The summed E-state index contributed by atoms with van der Waals surface area (Å²) in [5.41, 5.74) is 2.35. The third-order valence-corrected chi connectivity index (χ3v) is 2.85. The van der Waals surface area contributed by atoms with Gasteiger partial charge in [-0.15, -0.1) is 0 Å². The van der Waals surface area contributed by atoms with Gasteiger partial charge >= 0.3 is 0 Å². The molecule has 0 spiro atoms. The fourth-order valence-electron chi connectivity index (χ4n) is 2.04. The Bertz CT molecular complexity index is 338. The summed E-state index contributed by atoms with van der Waals surface area (Å²) in [6, 6.07) is 5.10. The standard InChI is InChI=1S/C12H17FN2/c1-2-14-6-8-15-7-5-10-3-4-11(13)9-12(10)15/h3-4,9,14H,2,5-8H2,1H3. The van der Waals surface area contributed by atoms with Gasteiger partial charge in [0.25, 0.3) is 0 Å². The molecule has 0 radical (unpaired) electrons. The number of hydrogen-bond donors (Lipinski definition) is 1. The number of likely N-dealkylation sites (N-methyl/N-ethyl adjacent to an activating group) is 1. The number of benzene rings is 1. The largest absolute Gasteiger partial charge is 0.370 e. The zero-order chi connectivity index (χ0) is 10.7. The monoisotopic (exact) mass is 208 g/mol. The van der Waals surface area contributed by atoms with E-state index >= 15 is 0 Å². The van der Waals surface area contributed by atoms with Crippen LogP contribution in [0.5, 0.6) is 0 Å². The molecule has 0 atom stereocenters. The molecule has 0 unspecified atom stereocenters. The first-order valence-electron chi connectivity index (χ1n) is 5.55. The van der Waals surface area contributed by atoms with Crippen LogP contribution in [-0.4, -0.2) is 26.2 Å². The van der Waals surface area contributed by atoms with Gasteiger partial charge in [-0.05, 0) is 30.7 Å². The fourth-order valence-corrected chi connectivity index (χ4v) is 2.04. The van der Waals surface area contributed by atoms with Crippen molar-refractivity contribution in [3.8, 4) is 0 Å². The molecule has 0 saturated carbocycles. The van der Waals surface area contributed by atoms with Crippen molar-refractivity contribution < 1.29 is 4.39 Å². The molecule has 82 valence electrons. The van der Waals surface area contributed by atoms with Gasteiger partial charge < -0.3 is 10.2 Å². The van der Waals surface area contributed by atoms with Crippen molar-refractivity contribution in [3.05, 3.63) is 29.6 Å². The van der Waals surface area contributed by atoms with Crippen LogP contribution in [0, 0.1) is 5.82 Å². The molecular weight excluding hydrogens is 191 g/mol. The molecule has 3 heteroatoms. The summed E-state index contributed by atoms with van der Waals surface area (Å²) in [5.74, 6) is -0.135. The van der Waals surface area contributed by atoms with Gasteiger partial charge in [-0.2, -0.15) is 0 Å². The minimum absolute atomic E-state index is 0.135. The molecule has 15 heavy (non-hydrogen) atoms. The molecule has 0 aromatic heterocycles. The van der Waals surface area contributed by atoms with Gasteiger partial charge in [-0.25, -0.2) is 4.39 Å². The van der Waals surface area contributed by atoms with Crippen LogP contribution in [0.2, 0.25) is 0 Å². The Hall–Kier alpha value is -1.09. The van der Waals surface area contributed by atoms with Crippen LogP contribution in [0.3, 0.4) is 0 Å². The molecule has 0 saturated heterocycles. The normalized spacial score (nSPS) is 14.4. The highest BCUT2D eigenvalue weighted by atomic mass is 19.1. The van der Waals surface area contributed by atoms with Gasteiger partial charge in [-0.1, -0.05) is 13.0 Å². The molecule has 1 aliphatic heterocycles. The Morgan fingerprint density at radius 1 is 1.47 bits per heavy atom. The zero-order valence-electron chi connectivity index (χ0n) is 9.09. The van der Waals surface area contributed by atoms with Gasteiger partial charge in [0.15, 0.2) is 0 Å². The summed E-state index contributed by atoms with van der Waals surface area (Å²) in [6.45, 7) is 6.03. The summed E-state index contributed by atoms with van der Waals surface area (Å²) in [6.07, 6.45) is 1.04. The summed E-state index contributed by atoms with van der Waals surface area (Å²) in [5, 5.41) is 3.29. The zero-order valence-corrected chi connectivity index (χ0v) is 9.09. The van der Waals surface area contributed by atoms with Crippen molar-refractivity contribution in [2.24, 2.45) is 0 Å². The van der Waals surface area contributed by atoms with Crippen LogP contribution in [0.25, 0.3) is 0 Å². The molecular formula is C12H17FN2. The molecule has 0 bridgehead atoms. The van der Waals surface area contributed by atoms with E-state index in [0.717, 1.165) is 38.3 Å². The molecule has 1 N–H and O–H groups in total. The van der Waals surface area contributed by atoms with E-state index in [4.69, 9.17) is 0 Å². The van der Waals surface area contributed by atoms with Crippen LogP contribution in [0.4, 0.5) is 10.1 Å². The predicted octanol–water partition coefficient (Wildman–Crippen LogP) is 1.80. The molecule has 2 rings (SSSR count). The minimum Gasteiger partial charge on any atom is -0.370 e. The van der Waals surface area contributed by atoms with Gasteiger partial charge in [0.1, 0.15) is 5.82 Å². The van der Waals surface area contributed by atoms with Crippen molar-refractivity contribution in [1.29, 1.82) is 0 Å². The Morgan fingerprint density at radius 3 is 3.13 bits per heavy atom. The summed E-state index contributed by atoms with van der Waals surface area (Å²) < 4.78 is 13.1. The highest BCUT2D eigenvalue weighted by Crippen LogP contribution is 2.27. The maximum Gasteiger partial charge on any atom is 0.125 e. The van der Waals surface area contributed by atoms with E-state index in [0.29, 0.717) is 0 Å². The van der Waals surface area contributed by atoms with E-state index in [1.54, 1.807) is 12.1 Å². The topological polar surface area (TPSA) is 15.3 Å². The lowest BCUT2D eigenvalue weighted by atomic mass is 10.2. The smallest absolute Gasteiger partial charge is 0.125 e. The second kappa shape index (κ2) is 4.62. The summed E-state index contributed by atoms with van der Waals surface area (Å²) in [4.78, 5) is 2.25. The Labute approximate surface area is 90.1 Å². The van der Waals surface area contributed by atoms with Crippen LogP contribution in [-0.2, 0) is 6.42 Å². The number of fused-ring (bicyclic) bond motifs is 1. The van der Waals surface area contributed by atoms with E-state index in [2.05, 4.69) is 17.1 Å². The van der Waals surface area contributed by atoms with Gasteiger partial charge in [0.05, 0.1) is 0 Å². The lowest BCUT2D eigenvalue weighted by Gasteiger charge is -2.19. The molecule has 2 nitrogen and oxygen atoms in total. The molecule has 0 fully saturated rings. The first kappa shape index (κ1) is 10.4. The number of nitrogens with zero attached hydrogens (tertiary/aromatic N) is 1. The molecule has 0 amide bonds. The maximum absolute atomic E-state index is 13.1. The molecule has 1 aromatic rings. The van der Waals surface area contributed by atoms with Crippen molar-refractivity contribution >= 4 is 5.69 Å². The second-order valence-electron chi connectivity index (χ2n) is 3.86. The van der Waals surface area contributed by atoms with Gasteiger partial charge in [0, 0.05) is 25.3 Å². The Kier molecular flexibility index (Phi) is 3.21. The second-order valence-corrected chi connectivity index (χ2v) is 3.86.